The van der Waals surface area contributed by atoms with Crippen molar-refractivity contribution in [1.82, 2.24) is 4.90 Å². The number of likely N-dealkylation sites (tertiary alicyclic amines) is 1. The van der Waals surface area contributed by atoms with Crippen molar-refractivity contribution in [1.29, 1.82) is 0 Å². The van der Waals surface area contributed by atoms with Gasteiger partial charge in [0, 0.05) is 23.6 Å². The van der Waals surface area contributed by atoms with Crippen LogP contribution in [0, 0.1) is 0 Å². The van der Waals surface area contributed by atoms with E-state index in [2.05, 4.69) is 4.90 Å². The number of carbonyl (C=O) groups is 3. The van der Waals surface area contributed by atoms with Crippen molar-refractivity contribution in [2.75, 3.05) is 13.6 Å². The number of nitrogens with zero attached hydrogens (tertiary/aromatic N) is 1. The highest BCUT2D eigenvalue weighted by Gasteiger charge is 2.73. The van der Waals surface area contributed by atoms with Crippen LogP contribution in [0.5, 0.6) is 11.5 Å². The van der Waals surface area contributed by atoms with Crippen LogP contribution in [-0.4, -0.2) is 63.8 Å². The molecule has 4 atom stereocenters. The van der Waals surface area contributed by atoms with E-state index in [1.807, 2.05) is 7.05 Å². The zero-order valence-corrected chi connectivity index (χ0v) is 16.2. The van der Waals surface area contributed by atoms with Crippen molar-refractivity contribution >= 4 is 17.3 Å². The molecule has 1 spiro atoms. The van der Waals surface area contributed by atoms with Gasteiger partial charge in [0.1, 0.15) is 0 Å². The number of ketones is 3. The van der Waals surface area contributed by atoms with E-state index in [-0.39, 0.29) is 46.7 Å². The summed E-state index contributed by atoms with van der Waals surface area (Å²) >= 11 is 0. The van der Waals surface area contributed by atoms with Crippen LogP contribution in [0.2, 0.25) is 0 Å². The number of hydrogen-bond acceptors (Lipinski definition) is 7. The number of piperidine rings is 1. The van der Waals surface area contributed by atoms with Crippen LogP contribution in [0.4, 0.5) is 0 Å². The van der Waals surface area contributed by atoms with E-state index in [4.69, 9.17) is 4.74 Å². The summed E-state index contributed by atoms with van der Waals surface area (Å²) in [7, 11) is 1.93. The van der Waals surface area contributed by atoms with Crippen molar-refractivity contribution in [3.05, 3.63) is 22.3 Å². The molecule has 2 bridgehead atoms. The second kappa shape index (κ2) is 5.21. The minimum absolute atomic E-state index is 0.0464. The van der Waals surface area contributed by atoms with Gasteiger partial charge in [0.2, 0.25) is 0 Å². The number of hydrogen-bond donors (Lipinski definition) is 2. The molecule has 28 heavy (non-hydrogen) atoms. The van der Waals surface area contributed by atoms with Crippen LogP contribution in [-0.2, 0) is 16.6 Å². The number of aromatic hydroxyl groups is 1. The zero-order valence-electron chi connectivity index (χ0n) is 16.2. The maximum absolute atomic E-state index is 12.8. The maximum atomic E-state index is 12.8. The number of aliphatic hydroxyl groups is 1. The van der Waals surface area contributed by atoms with Crippen molar-refractivity contribution in [2.24, 2.45) is 0 Å². The smallest absolute Gasteiger partial charge is 0.174 e. The van der Waals surface area contributed by atoms with Gasteiger partial charge in [-0.15, -0.1) is 0 Å². The van der Waals surface area contributed by atoms with Gasteiger partial charge in [-0.05, 0) is 52.3 Å². The monoisotopic (exact) mass is 385 g/mol. The molecule has 148 valence electrons. The minimum Gasteiger partial charge on any atom is -0.504 e. The lowest BCUT2D eigenvalue weighted by Crippen LogP contribution is -2.76. The second-order valence-corrected chi connectivity index (χ2v) is 8.70. The molecule has 2 aliphatic carbocycles. The first-order valence-corrected chi connectivity index (χ1v) is 9.71. The summed E-state index contributed by atoms with van der Waals surface area (Å²) < 4.78 is 6.01. The van der Waals surface area contributed by atoms with Crippen LogP contribution < -0.4 is 4.74 Å². The first kappa shape index (κ1) is 17.8. The SMILES string of the molecule is CC(=O)c1c(O)c2c3c(c1C(C)=O)C[C@H]1N(C)CC[C@@]34[C@@H](O2)C(=O)CC[C@@]14O. The highest BCUT2D eigenvalue weighted by Crippen LogP contribution is 2.65. The fourth-order valence-electron chi connectivity index (χ4n) is 6.41. The van der Waals surface area contributed by atoms with E-state index in [0.29, 0.717) is 36.9 Å². The molecule has 5 rings (SSSR count). The van der Waals surface area contributed by atoms with Gasteiger partial charge in [0.05, 0.1) is 16.6 Å². The molecular formula is C21H23NO6. The largest absolute Gasteiger partial charge is 0.504 e. The molecule has 0 amide bonds. The predicted molar refractivity (Wildman–Crippen MR) is 98.1 cm³/mol. The molecule has 2 aliphatic heterocycles. The molecule has 4 aliphatic rings. The summed E-state index contributed by atoms with van der Waals surface area (Å²) in [5, 5.41) is 22.8. The highest BCUT2D eigenvalue weighted by molar-refractivity contribution is 6.11. The van der Waals surface area contributed by atoms with Gasteiger partial charge < -0.3 is 19.8 Å². The van der Waals surface area contributed by atoms with Crippen LogP contribution in [0.1, 0.15) is 65.0 Å². The molecule has 1 saturated carbocycles. The summed E-state index contributed by atoms with van der Waals surface area (Å²) in [6.07, 6.45) is 0.491. The number of phenolic OH excluding ortho intramolecular Hbond substituents is 1. The Labute approximate surface area is 162 Å². The molecule has 2 fully saturated rings. The molecular weight excluding hydrogens is 362 g/mol. The summed E-state index contributed by atoms with van der Waals surface area (Å²) in [6.45, 7) is 3.35. The molecule has 0 unspecified atom stereocenters. The number of likely N-dealkylation sites (N-methyl/N-ethyl adjacent to an activating group) is 1. The average Bonchev–Trinajstić information content (AvgIpc) is 2.97. The number of Topliss-reactive ketones (excluding diaryl/α,β-unsaturated/α-hetero) is 3. The van der Waals surface area contributed by atoms with Crippen LogP contribution in [0.3, 0.4) is 0 Å². The maximum Gasteiger partial charge on any atom is 0.174 e. The lowest BCUT2D eigenvalue weighted by atomic mass is 9.48. The minimum atomic E-state index is -1.19. The molecule has 0 aromatic heterocycles. The van der Waals surface area contributed by atoms with Crippen molar-refractivity contribution in [3.8, 4) is 11.5 Å². The normalized spacial score (nSPS) is 35.4. The Morgan fingerprint density at radius 3 is 2.50 bits per heavy atom. The molecule has 2 N–H and O–H groups in total. The number of ether oxygens (including phenoxy) is 1. The molecule has 2 heterocycles. The first-order valence-electron chi connectivity index (χ1n) is 9.71. The first-order chi connectivity index (χ1) is 13.1. The lowest BCUT2D eigenvalue weighted by molar-refractivity contribution is -0.185. The van der Waals surface area contributed by atoms with Crippen molar-refractivity contribution < 1.29 is 29.3 Å². The Hall–Kier alpha value is -2.25. The second-order valence-electron chi connectivity index (χ2n) is 8.70. The molecule has 1 aromatic carbocycles. The third-order valence-corrected chi connectivity index (χ3v) is 7.52. The van der Waals surface area contributed by atoms with Crippen LogP contribution >= 0.6 is 0 Å². The van der Waals surface area contributed by atoms with Gasteiger partial charge >= 0.3 is 0 Å². The Balaban J connectivity index is 1.94. The summed E-state index contributed by atoms with van der Waals surface area (Å²) in [5.74, 6) is -1.13. The molecule has 1 aromatic rings. The van der Waals surface area contributed by atoms with E-state index in [9.17, 15) is 24.6 Å². The van der Waals surface area contributed by atoms with Crippen LogP contribution in [0.15, 0.2) is 0 Å². The van der Waals surface area contributed by atoms with Crippen molar-refractivity contribution in [3.63, 3.8) is 0 Å². The van der Waals surface area contributed by atoms with E-state index >= 15 is 0 Å². The summed E-state index contributed by atoms with van der Waals surface area (Å²) in [4.78, 5) is 39.8. The summed E-state index contributed by atoms with van der Waals surface area (Å²) in [6, 6.07) is -0.290. The number of rotatable bonds is 2. The Morgan fingerprint density at radius 1 is 1.18 bits per heavy atom. The van der Waals surface area contributed by atoms with Crippen LogP contribution in [0.25, 0.3) is 0 Å². The average molecular weight is 385 g/mol. The quantitative estimate of drug-likeness (QED) is 0.736. The van der Waals surface area contributed by atoms with Gasteiger partial charge in [-0.1, -0.05) is 0 Å². The lowest BCUT2D eigenvalue weighted by Gasteiger charge is -2.62. The van der Waals surface area contributed by atoms with E-state index in [0.717, 1.165) is 0 Å². The predicted octanol–water partition coefficient (Wildman–Crippen LogP) is 1.15. The Kier molecular flexibility index (Phi) is 3.32. The highest BCUT2D eigenvalue weighted by atomic mass is 16.5. The topological polar surface area (TPSA) is 104 Å². The number of carbonyl (C=O) groups excluding carboxylic acids is 3. The fourth-order valence-corrected chi connectivity index (χ4v) is 6.41. The molecule has 7 nitrogen and oxygen atoms in total. The van der Waals surface area contributed by atoms with Crippen molar-refractivity contribution in [2.45, 2.75) is 62.7 Å². The molecule has 7 heteroatoms. The number of phenols is 1. The molecule has 0 radical (unpaired) electrons. The third-order valence-electron chi connectivity index (χ3n) is 7.52. The molecule has 1 saturated heterocycles. The third kappa shape index (κ3) is 1.71. The van der Waals surface area contributed by atoms with Gasteiger partial charge in [-0.2, -0.15) is 0 Å². The fraction of sp³-hybridized carbons (Fsp3) is 0.571. The zero-order chi connectivity index (χ0) is 20.2. The Bertz CT molecular complexity index is 984. The standard InChI is InChI=1S/C21H23NO6/c1-9(23)14-11-8-13-21(27)5-4-12(25)19-20(21,6-7-22(13)3)16(11)18(28-19)17(26)15(14)10(2)24/h13,19,26-27H,4-8H2,1-3H3/t13-,19+,20+,21-/m1/s1. The van der Waals surface area contributed by atoms with Gasteiger partial charge in [-0.3, -0.25) is 14.4 Å². The van der Waals surface area contributed by atoms with Gasteiger partial charge in [-0.25, -0.2) is 0 Å². The van der Waals surface area contributed by atoms with Gasteiger partial charge in [0.15, 0.2) is 35.0 Å². The number of benzene rings is 1. The Morgan fingerprint density at radius 2 is 1.86 bits per heavy atom. The summed E-state index contributed by atoms with van der Waals surface area (Å²) in [5.41, 5.74) is -0.800. The van der Waals surface area contributed by atoms with Gasteiger partial charge in [0.25, 0.3) is 0 Å². The van der Waals surface area contributed by atoms with E-state index in [1.54, 1.807) is 0 Å². The van der Waals surface area contributed by atoms with E-state index < -0.39 is 22.9 Å². The van der Waals surface area contributed by atoms with E-state index in [1.165, 1.54) is 13.8 Å².